The van der Waals surface area contributed by atoms with Crippen LogP contribution >= 0.6 is 12.2 Å². The van der Waals surface area contributed by atoms with Crippen LogP contribution in [0.4, 0.5) is 17.1 Å². The number of nitrogens with zero attached hydrogens (tertiary/aromatic N) is 1. The number of nitrogens with one attached hydrogen (secondary N) is 2. The van der Waals surface area contributed by atoms with Crippen LogP contribution in [-0.2, 0) is 16.4 Å². The van der Waals surface area contributed by atoms with Gasteiger partial charge < -0.3 is 10.6 Å². The van der Waals surface area contributed by atoms with Crippen LogP contribution in [0.15, 0.2) is 77.7 Å². The van der Waals surface area contributed by atoms with Gasteiger partial charge >= 0.3 is 0 Å². The summed E-state index contributed by atoms with van der Waals surface area (Å²) < 4.78 is 27.7. The van der Waals surface area contributed by atoms with E-state index in [1.807, 2.05) is 30.3 Å². The average molecular weight is 452 g/mol. The number of ketones is 1. The van der Waals surface area contributed by atoms with Gasteiger partial charge in [0.1, 0.15) is 0 Å². The lowest BCUT2D eigenvalue weighted by Gasteiger charge is -2.20. The Morgan fingerprint density at radius 1 is 0.935 bits per heavy atom. The molecule has 0 spiro atoms. The van der Waals surface area contributed by atoms with Crippen molar-refractivity contribution in [3.63, 3.8) is 0 Å². The first-order valence-electron chi connectivity index (χ1n) is 9.74. The summed E-state index contributed by atoms with van der Waals surface area (Å²) in [5.74, 6) is -0.0278. The molecule has 6 nitrogen and oxygen atoms in total. The molecule has 3 aromatic carbocycles. The molecule has 4 rings (SSSR count). The molecule has 0 saturated carbocycles. The van der Waals surface area contributed by atoms with Crippen molar-refractivity contribution in [3.8, 4) is 0 Å². The molecule has 1 aliphatic heterocycles. The van der Waals surface area contributed by atoms with Crippen molar-refractivity contribution in [1.29, 1.82) is 0 Å². The molecule has 8 heteroatoms. The number of fused-ring (bicyclic) bond motifs is 1. The van der Waals surface area contributed by atoms with E-state index in [1.54, 1.807) is 42.5 Å². The van der Waals surface area contributed by atoms with Gasteiger partial charge in [-0.1, -0.05) is 30.3 Å². The Balaban J connectivity index is 1.45. The molecule has 2 N–H and O–H groups in total. The van der Waals surface area contributed by atoms with Gasteiger partial charge in [-0.2, -0.15) is 0 Å². The number of carbonyl (C=O) groups is 1. The molecule has 0 aliphatic carbocycles. The van der Waals surface area contributed by atoms with E-state index < -0.39 is 10.0 Å². The van der Waals surface area contributed by atoms with Crippen molar-refractivity contribution in [2.45, 2.75) is 18.2 Å². The van der Waals surface area contributed by atoms with Gasteiger partial charge in [0.25, 0.3) is 10.0 Å². The van der Waals surface area contributed by atoms with Crippen LogP contribution < -0.4 is 14.9 Å². The normalized spacial score (nSPS) is 12.9. The maximum Gasteiger partial charge on any atom is 0.264 e. The van der Waals surface area contributed by atoms with Crippen LogP contribution in [0.5, 0.6) is 0 Å². The molecular weight excluding hydrogens is 430 g/mol. The average Bonchev–Trinajstić information content (AvgIpc) is 3.19. The lowest BCUT2D eigenvalue weighted by atomic mass is 10.1. The first kappa shape index (κ1) is 21.0. The summed E-state index contributed by atoms with van der Waals surface area (Å²) in [6.07, 6.45) is 0.708. The zero-order valence-corrected chi connectivity index (χ0v) is 18.5. The number of Topliss-reactive ketones (excluding diaryl/α,β-unsaturated/α-hetero) is 1. The van der Waals surface area contributed by atoms with Gasteiger partial charge in [-0.15, -0.1) is 0 Å². The Labute approximate surface area is 187 Å². The first-order valence-corrected chi connectivity index (χ1v) is 11.6. The summed E-state index contributed by atoms with van der Waals surface area (Å²) in [6, 6.07) is 21.1. The monoisotopic (exact) mass is 451 g/mol. The van der Waals surface area contributed by atoms with E-state index in [0.29, 0.717) is 35.0 Å². The van der Waals surface area contributed by atoms with Crippen LogP contribution in [-0.4, -0.2) is 25.9 Å². The van der Waals surface area contributed by atoms with E-state index in [-0.39, 0.29) is 10.7 Å². The first-order chi connectivity index (χ1) is 14.8. The molecule has 0 amide bonds. The maximum atomic E-state index is 13.1. The Bertz CT molecular complexity index is 1260. The van der Waals surface area contributed by atoms with Crippen LogP contribution in [0.25, 0.3) is 0 Å². The van der Waals surface area contributed by atoms with Crippen LogP contribution in [0.3, 0.4) is 0 Å². The third kappa shape index (κ3) is 4.45. The van der Waals surface area contributed by atoms with Crippen molar-refractivity contribution in [3.05, 3.63) is 83.9 Å². The zero-order valence-electron chi connectivity index (χ0n) is 16.8. The van der Waals surface area contributed by atoms with Crippen LogP contribution in [0, 0.1) is 0 Å². The fourth-order valence-corrected chi connectivity index (χ4v) is 5.24. The minimum atomic E-state index is -3.63. The predicted octanol–water partition coefficient (Wildman–Crippen LogP) is 4.45. The minimum Gasteiger partial charge on any atom is -0.332 e. The second-order valence-electron chi connectivity index (χ2n) is 7.20. The van der Waals surface area contributed by atoms with Crippen LogP contribution in [0.2, 0.25) is 0 Å². The van der Waals surface area contributed by atoms with Crippen molar-refractivity contribution < 1.29 is 13.2 Å². The number of para-hydroxylation sites is 1. The SMILES string of the molecule is CC(=O)c1cccc(NC(=S)Nc2ccc(S(=O)(=O)N3CCc4ccccc43)cc2)c1. The summed E-state index contributed by atoms with van der Waals surface area (Å²) in [6.45, 7) is 1.95. The molecule has 0 bridgehead atoms. The van der Waals surface area contributed by atoms with Gasteiger partial charge in [-0.3, -0.25) is 9.10 Å². The third-order valence-electron chi connectivity index (χ3n) is 5.07. The molecule has 31 heavy (non-hydrogen) atoms. The second-order valence-corrected chi connectivity index (χ2v) is 9.47. The molecule has 0 radical (unpaired) electrons. The number of thiocarbonyl (C=S) groups is 1. The topological polar surface area (TPSA) is 78.5 Å². The standard InChI is InChI=1S/C23H21N3O3S2/c1-16(27)18-6-4-7-20(15-18)25-23(30)24-19-9-11-21(12-10-19)31(28,29)26-14-13-17-5-2-3-8-22(17)26/h2-12,15H,13-14H2,1H3,(H2,24,25,30). The molecule has 0 saturated heterocycles. The van der Waals surface area contributed by atoms with E-state index in [9.17, 15) is 13.2 Å². The highest BCUT2D eigenvalue weighted by Gasteiger charge is 2.30. The lowest BCUT2D eigenvalue weighted by Crippen LogP contribution is -2.29. The van der Waals surface area contributed by atoms with Gasteiger partial charge in [-0.25, -0.2) is 8.42 Å². The van der Waals surface area contributed by atoms with E-state index >= 15 is 0 Å². The highest BCUT2D eigenvalue weighted by molar-refractivity contribution is 7.92. The predicted molar refractivity (Wildman–Crippen MR) is 127 cm³/mol. The fourth-order valence-electron chi connectivity index (χ4n) is 3.50. The van der Waals surface area contributed by atoms with Gasteiger partial charge in [0.15, 0.2) is 10.9 Å². The van der Waals surface area contributed by atoms with Crippen LogP contribution in [0.1, 0.15) is 22.8 Å². The Morgan fingerprint density at radius 2 is 1.65 bits per heavy atom. The maximum absolute atomic E-state index is 13.1. The number of anilines is 3. The minimum absolute atomic E-state index is 0.0278. The highest BCUT2D eigenvalue weighted by Crippen LogP contribution is 2.32. The summed E-state index contributed by atoms with van der Waals surface area (Å²) in [4.78, 5) is 11.7. The Hall–Kier alpha value is -3.23. The molecule has 0 aromatic heterocycles. The number of carbonyl (C=O) groups excluding carboxylic acids is 1. The highest BCUT2D eigenvalue weighted by atomic mass is 32.2. The molecule has 0 atom stereocenters. The van der Waals surface area contributed by atoms with Gasteiger partial charge in [-0.05, 0) is 73.6 Å². The smallest absolute Gasteiger partial charge is 0.264 e. The van der Waals surface area contributed by atoms with Crippen molar-refractivity contribution >= 4 is 50.2 Å². The Kier molecular flexibility index (Phi) is 5.75. The second kappa shape index (κ2) is 8.49. The number of hydrogen-bond donors (Lipinski definition) is 2. The van der Waals surface area contributed by atoms with Crippen molar-refractivity contribution in [1.82, 2.24) is 0 Å². The number of sulfonamides is 1. The van der Waals surface area contributed by atoms with Crippen molar-refractivity contribution in [2.75, 3.05) is 21.5 Å². The summed E-state index contributed by atoms with van der Waals surface area (Å²) in [5, 5.41) is 6.40. The van der Waals surface area contributed by atoms with Gasteiger partial charge in [0, 0.05) is 23.5 Å². The van der Waals surface area contributed by atoms with Gasteiger partial charge in [0.2, 0.25) is 0 Å². The fraction of sp³-hybridized carbons (Fsp3) is 0.130. The largest absolute Gasteiger partial charge is 0.332 e. The number of rotatable bonds is 5. The number of benzene rings is 3. The number of hydrogen-bond acceptors (Lipinski definition) is 4. The summed E-state index contributed by atoms with van der Waals surface area (Å²) >= 11 is 5.33. The van der Waals surface area contributed by atoms with E-state index in [4.69, 9.17) is 12.2 Å². The zero-order chi connectivity index (χ0) is 22.0. The molecule has 1 aliphatic rings. The molecule has 158 valence electrons. The molecule has 0 fully saturated rings. The Morgan fingerprint density at radius 3 is 2.39 bits per heavy atom. The molecule has 3 aromatic rings. The molecule has 0 unspecified atom stereocenters. The quantitative estimate of drug-likeness (QED) is 0.441. The van der Waals surface area contributed by atoms with Crippen molar-refractivity contribution in [2.24, 2.45) is 0 Å². The summed E-state index contributed by atoms with van der Waals surface area (Å²) in [5.41, 5.74) is 3.71. The molecular formula is C23H21N3O3S2. The van der Waals surface area contributed by atoms with E-state index in [2.05, 4.69) is 10.6 Å². The van der Waals surface area contributed by atoms with E-state index in [0.717, 1.165) is 11.3 Å². The van der Waals surface area contributed by atoms with E-state index in [1.165, 1.54) is 11.2 Å². The summed E-state index contributed by atoms with van der Waals surface area (Å²) in [7, 11) is -3.63. The van der Waals surface area contributed by atoms with Gasteiger partial charge in [0.05, 0.1) is 10.6 Å². The lowest BCUT2D eigenvalue weighted by molar-refractivity contribution is 0.101. The molecule has 1 heterocycles. The third-order valence-corrected chi connectivity index (χ3v) is 7.10.